The number of anilines is 1. The number of aromatic hydroxyl groups is 1. The largest absolute Gasteiger partial charge is 0.508 e. The van der Waals surface area contributed by atoms with Crippen molar-refractivity contribution < 1.29 is 9.90 Å². The fourth-order valence-corrected chi connectivity index (χ4v) is 2.30. The van der Waals surface area contributed by atoms with Crippen LogP contribution in [-0.4, -0.2) is 16.8 Å². The average Bonchev–Trinajstić information content (AvgIpc) is 2.39. The molecule has 0 heterocycles. The molecule has 0 aliphatic rings. The van der Waals surface area contributed by atoms with Gasteiger partial charge < -0.3 is 10.4 Å². The molecule has 0 unspecified atom stereocenters. The Morgan fingerprint density at radius 3 is 2.63 bits per heavy atom. The van der Waals surface area contributed by atoms with Gasteiger partial charge in [0.15, 0.2) is 0 Å². The van der Waals surface area contributed by atoms with E-state index in [4.69, 9.17) is 0 Å². The fourth-order valence-electron chi connectivity index (χ4n) is 1.56. The van der Waals surface area contributed by atoms with Gasteiger partial charge >= 0.3 is 0 Å². The van der Waals surface area contributed by atoms with Crippen molar-refractivity contribution in [2.45, 2.75) is 11.8 Å². The van der Waals surface area contributed by atoms with Crippen LogP contribution < -0.4 is 5.32 Å². The first-order valence-corrected chi connectivity index (χ1v) is 6.90. The maximum absolute atomic E-state index is 11.8. The van der Waals surface area contributed by atoms with E-state index in [2.05, 4.69) is 5.32 Å². The highest BCUT2D eigenvalue weighted by atomic mass is 32.2. The van der Waals surface area contributed by atoms with Crippen molar-refractivity contribution in [1.29, 1.82) is 0 Å². The van der Waals surface area contributed by atoms with Crippen LogP contribution in [0.25, 0.3) is 0 Å². The molecule has 0 saturated carbocycles. The zero-order chi connectivity index (χ0) is 13.7. The summed E-state index contributed by atoms with van der Waals surface area (Å²) in [6.07, 6.45) is 0. The lowest BCUT2D eigenvalue weighted by Crippen LogP contribution is -2.13. The van der Waals surface area contributed by atoms with Crippen LogP contribution in [0.2, 0.25) is 0 Å². The first kappa shape index (κ1) is 13.5. The molecule has 2 aromatic carbocycles. The van der Waals surface area contributed by atoms with E-state index < -0.39 is 0 Å². The van der Waals surface area contributed by atoms with Gasteiger partial charge in [-0.1, -0.05) is 23.8 Å². The second-order valence-corrected chi connectivity index (χ2v) is 5.25. The Labute approximate surface area is 116 Å². The fraction of sp³-hybridized carbons (Fsp3) is 0.133. The van der Waals surface area contributed by atoms with Gasteiger partial charge in [0.1, 0.15) is 5.75 Å². The van der Waals surface area contributed by atoms with Crippen LogP contribution in [0.5, 0.6) is 5.75 Å². The second-order valence-electron chi connectivity index (χ2n) is 4.20. The van der Waals surface area contributed by atoms with Crippen LogP contribution in [0, 0.1) is 6.92 Å². The number of hydrogen-bond donors (Lipinski definition) is 2. The van der Waals surface area contributed by atoms with Gasteiger partial charge in [0.2, 0.25) is 5.91 Å². The van der Waals surface area contributed by atoms with Gasteiger partial charge in [-0.15, -0.1) is 11.8 Å². The third-order valence-electron chi connectivity index (χ3n) is 2.52. The molecule has 2 aromatic rings. The van der Waals surface area contributed by atoms with Crippen molar-refractivity contribution in [3.05, 3.63) is 54.1 Å². The Morgan fingerprint density at radius 2 is 1.95 bits per heavy atom. The molecule has 98 valence electrons. The highest BCUT2D eigenvalue weighted by Crippen LogP contribution is 2.22. The van der Waals surface area contributed by atoms with E-state index in [0.717, 1.165) is 16.1 Å². The Balaban J connectivity index is 1.86. The van der Waals surface area contributed by atoms with Gasteiger partial charge in [0.25, 0.3) is 0 Å². The first-order valence-electron chi connectivity index (χ1n) is 5.92. The lowest BCUT2D eigenvalue weighted by Gasteiger charge is -2.05. The Kier molecular flexibility index (Phi) is 4.47. The van der Waals surface area contributed by atoms with E-state index in [9.17, 15) is 9.90 Å². The minimum absolute atomic E-state index is 0.0582. The molecule has 0 aromatic heterocycles. The summed E-state index contributed by atoms with van der Waals surface area (Å²) < 4.78 is 0. The summed E-state index contributed by atoms with van der Waals surface area (Å²) in [5.41, 5.74) is 1.96. The Morgan fingerprint density at radius 1 is 1.21 bits per heavy atom. The predicted octanol–water partition coefficient (Wildman–Crippen LogP) is 3.43. The van der Waals surface area contributed by atoms with Gasteiger partial charge in [0.05, 0.1) is 5.75 Å². The molecule has 2 rings (SSSR count). The zero-order valence-electron chi connectivity index (χ0n) is 10.6. The van der Waals surface area contributed by atoms with Gasteiger partial charge in [0, 0.05) is 10.6 Å². The van der Waals surface area contributed by atoms with E-state index in [0.29, 0.717) is 5.75 Å². The molecular formula is C15H15NO2S. The van der Waals surface area contributed by atoms with Crippen LogP contribution in [0.1, 0.15) is 5.56 Å². The number of hydrogen-bond acceptors (Lipinski definition) is 3. The summed E-state index contributed by atoms with van der Waals surface area (Å²) in [5, 5.41) is 12.2. The smallest absolute Gasteiger partial charge is 0.234 e. The number of benzene rings is 2. The minimum atomic E-state index is -0.0582. The molecule has 3 nitrogen and oxygen atoms in total. The average molecular weight is 273 g/mol. The molecule has 0 radical (unpaired) electrons. The van der Waals surface area contributed by atoms with E-state index in [1.165, 1.54) is 11.8 Å². The molecule has 2 N–H and O–H groups in total. The number of amides is 1. The predicted molar refractivity (Wildman–Crippen MR) is 78.6 cm³/mol. The maximum atomic E-state index is 11.8. The number of carbonyl (C=O) groups excluding carboxylic acids is 1. The SMILES string of the molecule is Cc1ccc(NC(=O)CSc2cccc(O)c2)cc1. The first-order chi connectivity index (χ1) is 9.13. The zero-order valence-corrected chi connectivity index (χ0v) is 11.4. The number of phenols is 1. The molecule has 4 heteroatoms. The summed E-state index contributed by atoms with van der Waals surface area (Å²) >= 11 is 1.39. The Bertz CT molecular complexity index is 567. The molecule has 0 bridgehead atoms. The number of phenolic OH excluding ortho intramolecular Hbond substituents is 1. The molecular weight excluding hydrogens is 258 g/mol. The highest BCUT2D eigenvalue weighted by molar-refractivity contribution is 8.00. The van der Waals surface area contributed by atoms with E-state index in [-0.39, 0.29) is 11.7 Å². The lowest BCUT2D eigenvalue weighted by atomic mass is 10.2. The number of carbonyl (C=O) groups is 1. The van der Waals surface area contributed by atoms with Crippen LogP contribution in [0.4, 0.5) is 5.69 Å². The third kappa shape index (κ3) is 4.34. The van der Waals surface area contributed by atoms with Crippen molar-refractivity contribution in [2.75, 3.05) is 11.1 Å². The third-order valence-corrected chi connectivity index (χ3v) is 3.52. The van der Waals surface area contributed by atoms with Crippen molar-refractivity contribution in [3.8, 4) is 5.75 Å². The van der Waals surface area contributed by atoms with Gasteiger partial charge in [-0.25, -0.2) is 0 Å². The van der Waals surface area contributed by atoms with Crippen LogP contribution in [0.15, 0.2) is 53.4 Å². The molecule has 0 atom stereocenters. The van der Waals surface area contributed by atoms with Crippen LogP contribution in [-0.2, 0) is 4.79 Å². The number of thioether (sulfide) groups is 1. The quantitative estimate of drug-likeness (QED) is 0.839. The number of aryl methyl sites for hydroxylation is 1. The van der Waals surface area contributed by atoms with Gasteiger partial charge in [-0.3, -0.25) is 4.79 Å². The molecule has 0 fully saturated rings. The normalized spacial score (nSPS) is 10.2. The minimum Gasteiger partial charge on any atom is -0.508 e. The number of rotatable bonds is 4. The molecule has 0 aliphatic heterocycles. The van der Waals surface area contributed by atoms with E-state index >= 15 is 0 Å². The summed E-state index contributed by atoms with van der Waals surface area (Å²) in [5.74, 6) is 0.471. The van der Waals surface area contributed by atoms with Crippen molar-refractivity contribution in [2.24, 2.45) is 0 Å². The summed E-state index contributed by atoms with van der Waals surface area (Å²) in [6, 6.07) is 14.5. The van der Waals surface area contributed by atoms with Crippen LogP contribution >= 0.6 is 11.8 Å². The summed E-state index contributed by atoms with van der Waals surface area (Å²) in [7, 11) is 0. The Hall–Kier alpha value is -1.94. The molecule has 0 spiro atoms. The van der Waals surface area contributed by atoms with Gasteiger partial charge in [-0.2, -0.15) is 0 Å². The van der Waals surface area contributed by atoms with Crippen molar-refractivity contribution >= 4 is 23.4 Å². The summed E-state index contributed by atoms with van der Waals surface area (Å²) in [6.45, 7) is 2.00. The number of nitrogens with one attached hydrogen (secondary N) is 1. The molecule has 1 amide bonds. The van der Waals surface area contributed by atoms with E-state index in [1.54, 1.807) is 18.2 Å². The highest BCUT2D eigenvalue weighted by Gasteiger charge is 2.04. The standard InChI is InChI=1S/C15H15NO2S/c1-11-5-7-12(8-6-11)16-15(18)10-19-14-4-2-3-13(17)9-14/h2-9,17H,10H2,1H3,(H,16,18). The summed E-state index contributed by atoms with van der Waals surface area (Å²) in [4.78, 5) is 12.6. The van der Waals surface area contributed by atoms with Crippen LogP contribution in [0.3, 0.4) is 0 Å². The molecule has 0 aliphatic carbocycles. The van der Waals surface area contributed by atoms with E-state index in [1.807, 2.05) is 37.3 Å². The van der Waals surface area contributed by atoms with Crippen molar-refractivity contribution in [1.82, 2.24) is 0 Å². The van der Waals surface area contributed by atoms with Crippen molar-refractivity contribution in [3.63, 3.8) is 0 Å². The topological polar surface area (TPSA) is 49.3 Å². The van der Waals surface area contributed by atoms with Gasteiger partial charge in [-0.05, 0) is 37.3 Å². The lowest BCUT2D eigenvalue weighted by molar-refractivity contribution is -0.113. The second kappa shape index (κ2) is 6.29. The monoisotopic (exact) mass is 273 g/mol. The maximum Gasteiger partial charge on any atom is 0.234 e. The molecule has 0 saturated heterocycles. The molecule has 19 heavy (non-hydrogen) atoms.